The summed E-state index contributed by atoms with van der Waals surface area (Å²) in [6.45, 7) is 3.90. The monoisotopic (exact) mass is 255 g/mol. The van der Waals surface area contributed by atoms with E-state index in [0.717, 1.165) is 32.8 Å². The van der Waals surface area contributed by atoms with Crippen LogP contribution in [0.2, 0.25) is 0 Å². The molecule has 2 aliphatic rings. The zero-order valence-corrected chi connectivity index (χ0v) is 11.7. The van der Waals surface area contributed by atoms with E-state index in [1.807, 2.05) is 0 Å². The normalized spacial score (nSPS) is 27.0. The Morgan fingerprint density at radius 2 is 1.83 bits per heavy atom. The van der Waals surface area contributed by atoms with Gasteiger partial charge in [-0.05, 0) is 45.1 Å². The van der Waals surface area contributed by atoms with Gasteiger partial charge in [-0.2, -0.15) is 0 Å². The highest BCUT2D eigenvalue weighted by molar-refractivity contribution is 4.69. The van der Waals surface area contributed by atoms with Gasteiger partial charge in [0.1, 0.15) is 0 Å². The van der Waals surface area contributed by atoms with Crippen LogP contribution in [0.1, 0.15) is 57.8 Å². The third kappa shape index (κ3) is 5.68. The predicted molar refractivity (Wildman–Crippen MR) is 73.9 cm³/mol. The van der Waals surface area contributed by atoms with Crippen molar-refractivity contribution in [2.75, 3.05) is 26.4 Å². The van der Waals surface area contributed by atoms with E-state index in [0.29, 0.717) is 12.1 Å². The average molecular weight is 255 g/mol. The molecule has 0 amide bonds. The second-order valence-corrected chi connectivity index (χ2v) is 5.68. The molecule has 1 aliphatic carbocycles. The second kappa shape index (κ2) is 8.89. The molecule has 106 valence electrons. The first-order valence-electron chi connectivity index (χ1n) is 7.88. The number of nitrogens with one attached hydrogen (secondary N) is 1. The Bertz CT molecular complexity index is 197. The molecule has 3 heteroatoms. The molecule has 1 atom stereocenters. The molecular weight excluding hydrogens is 226 g/mol. The predicted octanol–water partition coefficient (Wildman–Crippen LogP) is 2.88. The molecule has 1 heterocycles. The minimum absolute atomic E-state index is 0.560. The maximum Gasteiger partial charge on any atom is 0.0575 e. The van der Waals surface area contributed by atoms with Crippen molar-refractivity contribution in [3.05, 3.63) is 0 Å². The largest absolute Gasteiger partial charge is 0.381 e. The van der Waals surface area contributed by atoms with Crippen molar-refractivity contribution >= 4 is 0 Å². The molecule has 0 spiro atoms. The van der Waals surface area contributed by atoms with Crippen molar-refractivity contribution in [2.45, 2.75) is 69.9 Å². The van der Waals surface area contributed by atoms with Gasteiger partial charge < -0.3 is 14.8 Å². The van der Waals surface area contributed by atoms with Crippen LogP contribution in [0, 0.1) is 0 Å². The van der Waals surface area contributed by atoms with E-state index in [1.165, 1.54) is 51.4 Å². The van der Waals surface area contributed by atoms with Gasteiger partial charge in [-0.15, -0.1) is 0 Å². The van der Waals surface area contributed by atoms with E-state index in [1.54, 1.807) is 0 Å². The molecule has 1 saturated heterocycles. The van der Waals surface area contributed by atoms with Crippen molar-refractivity contribution in [1.29, 1.82) is 0 Å². The van der Waals surface area contributed by atoms with Crippen LogP contribution in [0.4, 0.5) is 0 Å². The molecule has 0 aromatic heterocycles. The summed E-state index contributed by atoms with van der Waals surface area (Å²) in [5.74, 6) is 0. The molecule has 0 bridgehead atoms. The lowest BCUT2D eigenvalue weighted by molar-refractivity contribution is 0.0270. The molecule has 1 unspecified atom stereocenters. The van der Waals surface area contributed by atoms with Gasteiger partial charge in [-0.1, -0.05) is 19.3 Å². The fourth-order valence-corrected chi connectivity index (χ4v) is 2.97. The van der Waals surface area contributed by atoms with Gasteiger partial charge in [-0.3, -0.25) is 0 Å². The molecule has 2 rings (SSSR count). The first kappa shape index (κ1) is 14.3. The van der Waals surface area contributed by atoms with Crippen LogP contribution in [0.3, 0.4) is 0 Å². The van der Waals surface area contributed by atoms with Gasteiger partial charge in [0.25, 0.3) is 0 Å². The van der Waals surface area contributed by atoms with E-state index in [2.05, 4.69) is 5.32 Å². The standard InChI is InChI=1S/C15H29NO2/c1-2-7-15(8-3-1)18-12-5-10-16-14-6-4-11-17-13-9-14/h14-16H,1-13H2. The van der Waals surface area contributed by atoms with Crippen LogP contribution in [0.5, 0.6) is 0 Å². The van der Waals surface area contributed by atoms with Crippen molar-refractivity contribution in [3.63, 3.8) is 0 Å². The fraction of sp³-hybridized carbons (Fsp3) is 1.00. The minimum atomic E-state index is 0.560. The molecule has 0 aromatic carbocycles. The van der Waals surface area contributed by atoms with Crippen molar-refractivity contribution in [1.82, 2.24) is 5.32 Å². The van der Waals surface area contributed by atoms with Gasteiger partial charge in [0.15, 0.2) is 0 Å². The van der Waals surface area contributed by atoms with Gasteiger partial charge in [0, 0.05) is 25.9 Å². The topological polar surface area (TPSA) is 30.5 Å². The van der Waals surface area contributed by atoms with Crippen LogP contribution in [0.25, 0.3) is 0 Å². The molecule has 18 heavy (non-hydrogen) atoms. The highest BCUT2D eigenvalue weighted by atomic mass is 16.5. The Hall–Kier alpha value is -0.120. The molecular formula is C15H29NO2. The van der Waals surface area contributed by atoms with E-state index in [9.17, 15) is 0 Å². The van der Waals surface area contributed by atoms with Crippen LogP contribution in [-0.2, 0) is 9.47 Å². The summed E-state index contributed by atoms with van der Waals surface area (Å²) in [6.07, 6.45) is 12.1. The third-order valence-corrected chi connectivity index (χ3v) is 4.11. The first-order valence-corrected chi connectivity index (χ1v) is 7.88. The molecule has 0 aromatic rings. The number of ether oxygens (including phenoxy) is 2. The number of hydrogen-bond donors (Lipinski definition) is 1. The van der Waals surface area contributed by atoms with Crippen LogP contribution >= 0.6 is 0 Å². The Balaban J connectivity index is 1.45. The zero-order chi connectivity index (χ0) is 12.5. The molecule has 3 nitrogen and oxygen atoms in total. The Labute approximate surface area is 112 Å². The summed E-state index contributed by atoms with van der Waals surface area (Å²) in [5, 5.41) is 3.64. The van der Waals surface area contributed by atoms with Gasteiger partial charge in [-0.25, -0.2) is 0 Å². The van der Waals surface area contributed by atoms with Crippen molar-refractivity contribution in [3.8, 4) is 0 Å². The van der Waals surface area contributed by atoms with E-state index in [-0.39, 0.29) is 0 Å². The molecule has 0 radical (unpaired) electrons. The maximum absolute atomic E-state index is 5.93. The quantitative estimate of drug-likeness (QED) is 0.740. The lowest BCUT2D eigenvalue weighted by Gasteiger charge is -2.22. The van der Waals surface area contributed by atoms with Gasteiger partial charge in [0.05, 0.1) is 6.10 Å². The Morgan fingerprint density at radius 3 is 2.72 bits per heavy atom. The summed E-state index contributed by atoms with van der Waals surface area (Å²) in [7, 11) is 0. The Kier molecular flexibility index (Phi) is 7.06. The van der Waals surface area contributed by atoms with E-state index >= 15 is 0 Å². The summed E-state index contributed by atoms with van der Waals surface area (Å²) in [4.78, 5) is 0. The minimum Gasteiger partial charge on any atom is -0.381 e. The van der Waals surface area contributed by atoms with Crippen molar-refractivity contribution in [2.24, 2.45) is 0 Å². The molecule has 1 saturated carbocycles. The van der Waals surface area contributed by atoms with Crippen LogP contribution in [0.15, 0.2) is 0 Å². The fourth-order valence-electron chi connectivity index (χ4n) is 2.97. The van der Waals surface area contributed by atoms with Crippen LogP contribution < -0.4 is 5.32 Å². The lowest BCUT2D eigenvalue weighted by Crippen LogP contribution is -2.31. The highest BCUT2D eigenvalue weighted by Gasteiger charge is 2.14. The van der Waals surface area contributed by atoms with Crippen molar-refractivity contribution < 1.29 is 9.47 Å². The maximum atomic E-state index is 5.93. The first-order chi connectivity index (χ1) is 8.95. The van der Waals surface area contributed by atoms with Gasteiger partial charge in [0.2, 0.25) is 0 Å². The van der Waals surface area contributed by atoms with E-state index in [4.69, 9.17) is 9.47 Å². The average Bonchev–Trinajstić information content (AvgIpc) is 2.68. The smallest absolute Gasteiger partial charge is 0.0575 e. The molecule has 1 N–H and O–H groups in total. The number of rotatable bonds is 6. The Morgan fingerprint density at radius 1 is 0.944 bits per heavy atom. The number of hydrogen-bond acceptors (Lipinski definition) is 3. The molecule has 1 aliphatic heterocycles. The second-order valence-electron chi connectivity index (χ2n) is 5.68. The van der Waals surface area contributed by atoms with E-state index < -0.39 is 0 Å². The third-order valence-electron chi connectivity index (χ3n) is 4.11. The lowest BCUT2D eigenvalue weighted by atomic mass is 9.98. The van der Waals surface area contributed by atoms with Gasteiger partial charge >= 0.3 is 0 Å². The summed E-state index contributed by atoms with van der Waals surface area (Å²) in [6, 6.07) is 0.669. The zero-order valence-electron chi connectivity index (χ0n) is 11.7. The SMILES string of the molecule is C1CCC(OCCCNC2CCCOCC2)CC1. The highest BCUT2D eigenvalue weighted by Crippen LogP contribution is 2.20. The van der Waals surface area contributed by atoms with Crippen LogP contribution in [-0.4, -0.2) is 38.5 Å². The summed E-state index contributed by atoms with van der Waals surface area (Å²) < 4.78 is 11.4. The molecule has 2 fully saturated rings. The summed E-state index contributed by atoms with van der Waals surface area (Å²) in [5.41, 5.74) is 0. The summed E-state index contributed by atoms with van der Waals surface area (Å²) >= 11 is 0.